The van der Waals surface area contributed by atoms with Gasteiger partial charge in [0, 0.05) is 17.5 Å². The van der Waals surface area contributed by atoms with Gasteiger partial charge in [0.1, 0.15) is 17.4 Å². The minimum Gasteiger partial charge on any atom is -0.489 e. The number of carboxylic acids is 1. The molecule has 4 rings (SSSR count). The number of nitrogens with zero attached hydrogens (tertiary/aromatic N) is 2. The fourth-order valence-corrected chi connectivity index (χ4v) is 6.09. The normalized spacial score (nSPS) is 25.9. The average Bonchev–Trinajstić information content (AvgIpc) is 2.87. The third kappa shape index (κ3) is 6.04. The Bertz CT molecular complexity index is 1150. The Hall–Kier alpha value is -2.79. The van der Waals surface area contributed by atoms with Crippen molar-refractivity contribution < 1.29 is 27.8 Å². The van der Waals surface area contributed by atoms with E-state index in [1.807, 2.05) is 18.2 Å². The monoisotopic (exact) mass is 516 g/mol. The highest BCUT2D eigenvalue weighted by Crippen LogP contribution is 2.40. The third-order valence-electron chi connectivity index (χ3n) is 8.26. The van der Waals surface area contributed by atoms with Crippen molar-refractivity contribution in [1.29, 1.82) is 5.26 Å². The van der Waals surface area contributed by atoms with Crippen LogP contribution in [0.5, 0.6) is 5.75 Å². The van der Waals surface area contributed by atoms with E-state index in [0.29, 0.717) is 43.5 Å². The zero-order chi connectivity index (χ0) is 26.7. The van der Waals surface area contributed by atoms with E-state index >= 15 is 0 Å². The molecule has 2 fully saturated rings. The van der Waals surface area contributed by atoms with Crippen LogP contribution in [0, 0.1) is 23.2 Å². The van der Waals surface area contributed by atoms with E-state index in [1.165, 1.54) is 0 Å². The SMILES string of the molecule is CCCC1CC(C(=O)O)CCN1C(C)c1ccc2ccc(OC3CCC(C(F)(F)F)CC3)c(C#N)c2c1. The van der Waals surface area contributed by atoms with E-state index in [0.717, 1.165) is 29.2 Å². The van der Waals surface area contributed by atoms with Crippen LogP contribution in [-0.2, 0) is 4.79 Å². The molecule has 0 aromatic heterocycles. The number of hydrogen-bond acceptors (Lipinski definition) is 4. The van der Waals surface area contributed by atoms with Crippen molar-refractivity contribution in [3.63, 3.8) is 0 Å². The highest BCUT2D eigenvalue weighted by molar-refractivity contribution is 5.90. The van der Waals surface area contributed by atoms with Crippen molar-refractivity contribution in [2.75, 3.05) is 6.54 Å². The highest BCUT2D eigenvalue weighted by atomic mass is 19.4. The number of halogens is 3. The Morgan fingerprint density at radius 1 is 1.19 bits per heavy atom. The number of hydrogen-bond donors (Lipinski definition) is 1. The van der Waals surface area contributed by atoms with Gasteiger partial charge < -0.3 is 9.84 Å². The molecule has 1 heterocycles. The Balaban J connectivity index is 1.56. The van der Waals surface area contributed by atoms with Gasteiger partial charge in [-0.15, -0.1) is 0 Å². The van der Waals surface area contributed by atoms with Crippen LogP contribution in [-0.4, -0.2) is 40.8 Å². The number of ether oxygens (including phenoxy) is 1. The van der Waals surface area contributed by atoms with Crippen LogP contribution in [0.15, 0.2) is 30.3 Å². The molecule has 1 aliphatic heterocycles. The molecule has 0 bridgehead atoms. The largest absolute Gasteiger partial charge is 0.489 e. The highest BCUT2D eigenvalue weighted by Gasteiger charge is 2.42. The second kappa shape index (κ2) is 11.3. The van der Waals surface area contributed by atoms with Gasteiger partial charge in [-0.05, 0) is 81.5 Å². The van der Waals surface area contributed by atoms with Gasteiger partial charge in [-0.1, -0.05) is 31.5 Å². The van der Waals surface area contributed by atoms with Gasteiger partial charge in [-0.3, -0.25) is 9.69 Å². The Labute approximate surface area is 216 Å². The number of carboxylic acid groups (broad SMARTS) is 1. The van der Waals surface area contributed by atoms with Crippen molar-refractivity contribution >= 4 is 16.7 Å². The van der Waals surface area contributed by atoms with Gasteiger partial charge >= 0.3 is 12.1 Å². The van der Waals surface area contributed by atoms with Crippen molar-refractivity contribution in [3.05, 3.63) is 41.5 Å². The zero-order valence-corrected chi connectivity index (χ0v) is 21.4. The Morgan fingerprint density at radius 3 is 2.51 bits per heavy atom. The number of rotatable bonds is 7. The molecule has 1 aliphatic carbocycles. The van der Waals surface area contributed by atoms with Crippen LogP contribution in [0.25, 0.3) is 10.8 Å². The molecule has 2 aromatic rings. The Kier molecular flexibility index (Phi) is 8.33. The number of likely N-dealkylation sites (tertiary alicyclic amines) is 1. The molecular weight excluding hydrogens is 481 g/mol. The van der Waals surface area contributed by atoms with Gasteiger partial charge in [0.15, 0.2) is 0 Å². The fraction of sp³-hybridized carbons (Fsp3) is 0.586. The molecule has 1 saturated carbocycles. The summed E-state index contributed by atoms with van der Waals surface area (Å²) in [5, 5.41) is 21.2. The molecule has 5 nitrogen and oxygen atoms in total. The summed E-state index contributed by atoms with van der Waals surface area (Å²) >= 11 is 0. The minimum absolute atomic E-state index is 0.0444. The first kappa shape index (κ1) is 27.3. The summed E-state index contributed by atoms with van der Waals surface area (Å²) in [6.07, 6.45) is -0.629. The van der Waals surface area contributed by atoms with Crippen LogP contribution in [0.2, 0.25) is 0 Å². The van der Waals surface area contributed by atoms with Crippen LogP contribution in [0.1, 0.15) is 82.4 Å². The number of piperidine rings is 1. The third-order valence-corrected chi connectivity index (χ3v) is 8.26. The maximum atomic E-state index is 13.0. The van der Waals surface area contributed by atoms with Crippen molar-refractivity contribution in [2.24, 2.45) is 11.8 Å². The van der Waals surface area contributed by atoms with E-state index in [4.69, 9.17) is 4.74 Å². The molecule has 2 aromatic carbocycles. The molecule has 0 spiro atoms. The van der Waals surface area contributed by atoms with Crippen LogP contribution < -0.4 is 4.74 Å². The molecule has 200 valence electrons. The van der Waals surface area contributed by atoms with Gasteiger partial charge in [0.05, 0.1) is 17.9 Å². The second-order valence-corrected chi connectivity index (χ2v) is 10.6. The topological polar surface area (TPSA) is 73.6 Å². The lowest BCUT2D eigenvalue weighted by Crippen LogP contribution is -2.45. The molecule has 3 atom stereocenters. The number of nitriles is 1. The lowest BCUT2D eigenvalue weighted by atomic mass is 9.86. The summed E-state index contributed by atoms with van der Waals surface area (Å²) < 4.78 is 45.2. The van der Waals surface area contributed by atoms with E-state index in [2.05, 4.69) is 30.9 Å². The molecule has 8 heteroatoms. The van der Waals surface area contributed by atoms with Crippen molar-refractivity contribution in [2.45, 2.75) is 89.6 Å². The predicted molar refractivity (Wildman–Crippen MR) is 135 cm³/mol. The lowest BCUT2D eigenvalue weighted by molar-refractivity contribution is -0.185. The standard InChI is InChI=1S/C29H35F3N2O3/c1-3-4-23-15-21(28(35)36)13-14-34(23)18(2)20-6-5-19-7-12-27(26(17-33)25(19)16-20)37-24-10-8-22(9-11-24)29(30,31)32/h5-7,12,16,18,21-24H,3-4,8-11,13-15H2,1-2H3,(H,35,36). The molecule has 0 radical (unpaired) electrons. The van der Waals surface area contributed by atoms with Gasteiger partial charge in [0.2, 0.25) is 0 Å². The number of alkyl halides is 3. The van der Waals surface area contributed by atoms with E-state index < -0.39 is 18.1 Å². The summed E-state index contributed by atoms with van der Waals surface area (Å²) in [7, 11) is 0. The Morgan fingerprint density at radius 2 is 1.89 bits per heavy atom. The smallest absolute Gasteiger partial charge is 0.391 e. The molecule has 1 N–H and O–H groups in total. The maximum absolute atomic E-state index is 13.0. The molecule has 0 amide bonds. The average molecular weight is 517 g/mol. The summed E-state index contributed by atoms with van der Waals surface area (Å²) in [5.41, 5.74) is 1.45. The molecule has 2 aliphatic rings. The van der Waals surface area contributed by atoms with Gasteiger partial charge in [0.25, 0.3) is 0 Å². The fourth-order valence-electron chi connectivity index (χ4n) is 6.09. The summed E-state index contributed by atoms with van der Waals surface area (Å²) in [5.74, 6) is -1.90. The van der Waals surface area contributed by atoms with Crippen molar-refractivity contribution in [3.8, 4) is 11.8 Å². The number of aliphatic carboxylic acids is 1. The second-order valence-electron chi connectivity index (χ2n) is 10.6. The number of benzene rings is 2. The van der Waals surface area contributed by atoms with Crippen LogP contribution >= 0.6 is 0 Å². The number of fused-ring (bicyclic) bond motifs is 1. The maximum Gasteiger partial charge on any atom is 0.391 e. The molecular formula is C29H35F3N2O3. The first-order valence-corrected chi connectivity index (χ1v) is 13.3. The van der Waals surface area contributed by atoms with E-state index in [9.17, 15) is 28.3 Å². The first-order chi connectivity index (χ1) is 17.6. The predicted octanol–water partition coefficient (Wildman–Crippen LogP) is 7.24. The molecule has 37 heavy (non-hydrogen) atoms. The molecule has 3 unspecified atom stereocenters. The lowest BCUT2D eigenvalue weighted by Gasteiger charge is -2.42. The quantitative estimate of drug-likeness (QED) is 0.420. The first-order valence-electron chi connectivity index (χ1n) is 13.3. The zero-order valence-electron chi connectivity index (χ0n) is 21.4. The van der Waals surface area contributed by atoms with Crippen LogP contribution in [0.3, 0.4) is 0 Å². The summed E-state index contributed by atoms with van der Waals surface area (Å²) in [6, 6.07) is 12.2. The summed E-state index contributed by atoms with van der Waals surface area (Å²) in [4.78, 5) is 14.0. The summed E-state index contributed by atoms with van der Waals surface area (Å²) in [6.45, 7) is 4.94. The van der Waals surface area contributed by atoms with Gasteiger partial charge in [-0.2, -0.15) is 18.4 Å². The van der Waals surface area contributed by atoms with E-state index in [-0.39, 0.29) is 36.9 Å². The number of carbonyl (C=O) groups is 1. The van der Waals surface area contributed by atoms with Crippen molar-refractivity contribution in [1.82, 2.24) is 4.90 Å². The van der Waals surface area contributed by atoms with E-state index in [1.54, 1.807) is 6.07 Å². The van der Waals surface area contributed by atoms with Gasteiger partial charge in [-0.25, -0.2) is 0 Å². The molecule has 1 saturated heterocycles. The van der Waals surface area contributed by atoms with Crippen LogP contribution in [0.4, 0.5) is 13.2 Å². The minimum atomic E-state index is -4.17.